The van der Waals surface area contributed by atoms with E-state index in [1.54, 1.807) is 25.1 Å². The van der Waals surface area contributed by atoms with Gasteiger partial charge in [0.05, 0.1) is 0 Å². The molecule has 0 radical (unpaired) electrons. The molecule has 0 aromatic heterocycles. The minimum Gasteiger partial charge on any atom is -0.480 e. The van der Waals surface area contributed by atoms with Crippen molar-refractivity contribution in [1.82, 2.24) is 5.32 Å². The van der Waals surface area contributed by atoms with Crippen LogP contribution in [0.3, 0.4) is 0 Å². The van der Waals surface area contributed by atoms with Crippen LogP contribution >= 0.6 is 11.8 Å². The van der Waals surface area contributed by atoms with Gasteiger partial charge in [-0.15, -0.1) is 11.8 Å². The molecule has 0 bridgehead atoms. The first-order valence-corrected chi connectivity index (χ1v) is 7.66. The SMILES string of the molecule is CCCNC(C)(CC(C)Sc1ccccc1F)C(=O)O. The summed E-state index contributed by atoms with van der Waals surface area (Å²) >= 11 is 1.37. The van der Waals surface area contributed by atoms with Gasteiger partial charge >= 0.3 is 5.97 Å². The van der Waals surface area contributed by atoms with Crippen LogP contribution in [0.25, 0.3) is 0 Å². The topological polar surface area (TPSA) is 49.3 Å². The van der Waals surface area contributed by atoms with Crippen LogP contribution in [-0.2, 0) is 4.79 Å². The monoisotopic (exact) mass is 299 g/mol. The molecule has 2 unspecified atom stereocenters. The van der Waals surface area contributed by atoms with E-state index in [1.165, 1.54) is 17.8 Å². The Morgan fingerprint density at radius 1 is 1.50 bits per heavy atom. The number of thioether (sulfide) groups is 1. The normalized spacial score (nSPS) is 15.6. The third kappa shape index (κ3) is 4.80. The smallest absolute Gasteiger partial charge is 0.323 e. The summed E-state index contributed by atoms with van der Waals surface area (Å²) in [5, 5.41) is 12.5. The maximum atomic E-state index is 13.6. The van der Waals surface area contributed by atoms with E-state index in [2.05, 4.69) is 5.32 Å². The molecular formula is C15H22FNO2S. The fourth-order valence-corrected chi connectivity index (χ4v) is 3.20. The number of hydrogen-bond acceptors (Lipinski definition) is 3. The van der Waals surface area contributed by atoms with E-state index < -0.39 is 11.5 Å². The summed E-state index contributed by atoms with van der Waals surface area (Å²) < 4.78 is 13.6. The first kappa shape index (κ1) is 17.0. The lowest BCUT2D eigenvalue weighted by atomic mass is 9.96. The number of aliphatic carboxylic acids is 1. The molecule has 0 saturated heterocycles. The Balaban J connectivity index is 2.69. The van der Waals surface area contributed by atoms with E-state index >= 15 is 0 Å². The van der Waals surface area contributed by atoms with Crippen molar-refractivity contribution in [2.45, 2.75) is 49.3 Å². The molecule has 0 aliphatic carbocycles. The average Bonchev–Trinajstić information content (AvgIpc) is 2.39. The van der Waals surface area contributed by atoms with Crippen molar-refractivity contribution in [3.05, 3.63) is 30.1 Å². The summed E-state index contributed by atoms with van der Waals surface area (Å²) in [7, 11) is 0. The van der Waals surface area contributed by atoms with E-state index in [-0.39, 0.29) is 11.1 Å². The highest BCUT2D eigenvalue weighted by Gasteiger charge is 2.34. The molecule has 0 heterocycles. The fraction of sp³-hybridized carbons (Fsp3) is 0.533. The van der Waals surface area contributed by atoms with Crippen LogP contribution in [0, 0.1) is 5.82 Å². The second-order valence-electron chi connectivity index (χ2n) is 5.13. The van der Waals surface area contributed by atoms with Crippen molar-refractivity contribution in [2.75, 3.05) is 6.54 Å². The Morgan fingerprint density at radius 2 is 2.15 bits per heavy atom. The van der Waals surface area contributed by atoms with Gasteiger partial charge in [0.2, 0.25) is 0 Å². The van der Waals surface area contributed by atoms with Crippen molar-refractivity contribution in [1.29, 1.82) is 0 Å². The Kier molecular flexibility index (Phi) is 6.49. The quantitative estimate of drug-likeness (QED) is 0.721. The maximum absolute atomic E-state index is 13.6. The van der Waals surface area contributed by atoms with Gasteiger partial charge in [0, 0.05) is 10.1 Å². The average molecular weight is 299 g/mol. The highest BCUT2D eigenvalue weighted by atomic mass is 32.2. The lowest BCUT2D eigenvalue weighted by Gasteiger charge is -2.29. The predicted molar refractivity (Wildman–Crippen MR) is 80.7 cm³/mol. The molecule has 0 aliphatic rings. The van der Waals surface area contributed by atoms with E-state index in [4.69, 9.17) is 0 Å². The second-order valence-corrected chi connectivity index (χ2v) is 6.61. The van der Waals surface area contributed by atoms with Gasteiger partial charge in [-0.05, 0) is 38.4 Å². The molecular weight excluding hydrogens is 277 g/mol. The summed E-state index contributed by atoms with van der Waals surface area (Å²) in [6.45, 7) is 6.25. The Bertz CT molecular complexity index is 455. The zero-order valence-electron chi connectivity index (χ0n) is 12.1. The van der Waals surface area contributed by atoms with E-state index in [9.17, 15) is 14.3 Å². The van der Waals surface area contributed by atoms with Crippen LogP contribution in [0.2, 0.25) is 0 Å². The third-order valence-electron chi connectivity index (χ3n) is 3.10. The largest absolute Gasteiger partial charge is 0.480 e. The van der Waals surface area contributed by atoms with Crippen LogP contribution < -0.4 is 5.32 Å². The summed E-state index contributed by atoms with van der Waals surface area (Å²) in [5.41, 5.74) is -0.978. The Hall–Kier alpha value is -1.07. The number of carbonyl (C=O) groups is 1. The molecule has 112 valence electrons. The minimum absolute atomic E-state index is 0.00245. The van der Waals surface area contributed by atoms with Gasteiger partial charge in [0.15, 0.2) is 0 Å². The summed E-state index contributed by atoms with van der Waals surface area (Å²) in [4.78, 5) is 12.0. The molecule has 2 atom stereocenters. The van der Waals surface area contributed by atoms with Gasteiger partial charge in [-0.2, -0.15) is 0 Å². The highest BCUT2D eigenvalue weighted by Crippen LogP contribution is 2.30. The van der Waals surface area contributed by atoms with Crippen LogP contribution in [-0.4, -0.2) is 28.4 Å². The number of rotatable bonds is 8. The highest BCUT2D eigenvalue weighted by molar-refractivity contribution is 8.00. The fourth-order valence-electron chi connectivity index (χ4n) is 2.01. The number of benzene rings is 1. The van der Waals surface area contributed by atoms with E-state index in [0.717, 1.165) is 6.42 Å². The number of nitrogens with one attached hydrogen (secondary N) is 1. The van der Waals surface area contributed by atoms with Crippen molar-refractivity contribution in [2.24, 2.45) is 0 Å². The molecule has 0 amide bonds. The minimum atomic E-state index is -0.978. The molecule has 2 N–H and O–H groups in total. The number of carboxylic acid groups (broad SMARTS) is 1. The van der Waals surface area contributed by atoms with Crippen LogP contribution in [0.15, 0.2) is 29.2 Å². The summed E-state index contributed by atoms with van der Waals surface area (Å²) in [6, 6.07) is 6.56. The van der Waals surface area contributed by atoms with Gasteiger partial charge in [0.1, 0.15) is 11.4 Å². The van der Waals surface area contributed by atoms with Gasteiger partial charge in [-0.25, -0.2) is 4.39 Å². The molecule has 1 aromatic rings. The first-order chi connectivity index (χ1) is 9.39. The molecule has 1 aromatic carbocycles. The molecule has 0 spiro atoms. The maximum Gasteiger partial charge on any atom is 0.323 e. The van der Waals surface area contributed by atoms with E-state index in [0.29, 0.717) is 17.9 Å². The number of carboxylic acids is 1. The predicted octanol–water partition coefficient (Wildman–Crippen LogP) is 3.54. The molecule has 20 heavy (non-hydrogen) atoms. The van der Waals surface area contributed by atoms with Crippen molar-refractivity contribution in [3.63, 3.8) is 0 Å². The standard InChI is InChI=1S/C15H22FNO2S/c1-4-9-17-15(3,14(18)19)10-11(2)20-13-8-6-5-7-12(13)16/h5-8,11,17H,4,9-10H2,1-3H3,(H,18,19). The zero-order valence-corrected chi connectivity index (χ0v) is 13.0. The molecule has 0 aliphatic heterocycles. The second kappa shape index (κ2) is 7.64. The zero-order chi connectivity index (χ0) is 15.2. The number of hydrogen-bond donors (Lipinski definition) is 2. The van der Waals surface area contributed by atoms with Crippen molar-refractivity contribution in [3.8, 4) is 0 Å². The lowest BCUT2D eigenvalue weighted by molar-refractivity contribution is -0.144. The molecule has 0 fully saturated rings. The Morgan fingerprint density at radius 3 is 2.70 bits per heavy atom. The molecule has 0 saturated carbocycles. The summed E-state index contributed by atoms with van der Waals surface area (Å²) in [6.07, 6.45) is 1.30. The van der Waals surface area contributed by atoms with E-state index in [1.807, 2.05) is 13.8 Å². The van der Waals surface area contributed by atoms with Gasteiger partial charge in [0.25, 0.3) is 0 Å². The summed E-state index contributed by atoms with van der Waals surface area (Å²) in [5.74, 6) is -1.13. The van der Waals surface area contributed by atoms with Crippen molar-refractivity contribution < 1.29 is 14.3 Å². The van der Waals surface area contributed by atoms with Gasteiger partial charge in [-0.1, -0.05) is 26.0 Å². The van der Waals surface area contributed by atoms with Gasteiger partial charge < -0.3 is 10.4 Å². The van der Waals surface area contributed by atoms with Crippen LogP contribution in [0.1, 0.15) is 33.6 Å². The molecule has 1 rings (SSSR count). The third-order valence-corrected chi connectivity index (χ3v) is 4.25. The number of halogens is 1. The lowest BCUT2D eigenvalue weighted by Crippen LogP contribution is -2.51. The van der Waals surface area contributed by atoms with Crippen molar-refractivity contribution >= 4 is 17.7 Å². The first-order valence-electron chi connectivity index (χ1n) is 6.78. The Labute approximate surface area is 124 Å². The molecule has 3 nitrogen and oxygen atoms in total. The van der Waals surface area contributed by atoms with Crippen LogP contribution in [0.5, 0.6) is 0 Å². The van der Waals surface area contributed by atoms with Crippen LogP contribution in [0.4, 0.5) is 4.39 Å². The van der Waals surface area contributed by atoms with Gasteiger partial charge in [-0.3, -0.25) is 4.79 Å². The molecule has 5 heteroatoms.